The van der Waals surface area contributed by atoms with Crippen LogP contribution in [0.1, 0.15) is 31.7 Å². The molecule has 6 heteroatoms. The van der Waals surface area contributed by atoms with Crippen LogP contribution in [0.15, 0.2) is 33.5 Å². The van der Waals surface area contributed by atoms with E-state index in [1.54, 1.807) is 13.0 Å². The van der Waals surface area contributed by atoms with Crippen molar-refractivity contribution < 1.29 is 13.9 Å². The highest BCUT2D eigenvalue weighted by Gasteiger charge is 2.55. The van der Waals surface area contributed by atoms with Crippen molar-refractivity contribution >= 4 is 22.6 Å². The van der Waals surface area contributed by atoms with Crippen molar-refractivity contribution in [2.45, 2.75) is 38.6 Å². The monoisotopic (exact) mass is 352 g/mol. The molecule has 1 aromatic carbocycles. The number of esters is 1. The molecule has 2 atom stereocenters. The molecule has 6 nitrogen and oxygen atoms in total. The normalized spacial score (nSPS) is 24.5. The minimum Gasteiger partial charge on any atom is -0.465 e. The molecule has 0 radical (unpaired) electrons. The van der Waals surface area contributed by atoms with Gasteiger partial charge in [-0.25, -0.2) is 4.79 Å². The Hall–Kier alpha value is -2.81. The van der Waals surface area contributed by atoms with E-state index in [2.05, 4.69) is 11.0 Å². The third-order valence-corrected chi connectivity index (χ3v) is 5.53. The molecule has 2 aliphatic heterocycles. The quantitative estimate of drug-likeness (QED) is 0.610. The number of fused-ring (bicyclic) bond motifs is 5. The number of ether oxygens (including phenoxy) is 1. The van der Waals surface area contributed by atoms with Crippen LogP contribution >= 0.6 is 0 Å². The predicted octanol–water partition coefficient (Wildman–Crippen LogP) is 2.78. The zero-order chi connectivity index (χ0) is 18.3. The lowest BCUT2D eigenvalue weighted by atomic mass is 9.69. The summed E-state index contributed by atoms with van der Waals surface area (Å²) in [7, 11) is 0. The Kier molecular flexibility index (Phi) is 3.95. The van der Waals surface area contributed by atoms with Crippen LogP contribution in [0.2, 0.25) is 0 Å². The minimum absolute atomic E-state index is 0.0337. The predicted molar refractivity (Wildman–Crippen MR) is 95.9 cm³/mol. The lowest BCUT2D eigenvalue weighted by Gasteiger charge is -2.48. The molecule has 2 aliphatic rings. The van der Waals surface area contributed by atoms with Gasteiger partial charge >= 0.3 is 11.6 Å². The van der Waals surface area contributed by atoms with Gasteiger partial charge in [0.2, 0.25) is 0 Å². The van der Waals surface area contributed by atoms with Crippen LogP contribution in [0.3, 0.4) is 0 Å². The first kappa shape index (κ1) is 16.6. The maximum atomic E-state index is 12.8. The summed E-state index contributed by atoms with van der Waals surface area (Å²) in [6, 6.07) is 9.35. The van der Waals surface area contributed by atoms with E-state index in [1.807, 2.05) is 18.2 Å². The molecule has 0 bridgehead atoms. The van der Waals surface area contributed by atoms with Gasteiger partial charge in [0, 0.05) is 18.4 Å². The highest BCUT2D eigenvalue weighted by atomic mass is 16.5. The second-order valence-electron chi connectivity index (χ2n) is 6.90. The summed E-state index contributed by atoms with van der Waals surface area (Å²) in [5.74, 6) is -0.544. The molecule has 0 amide bonds. The highest BCUT2D eigenvalue weighted by molar-refractivity contribution is 5.95. The van der Waals surface area contributed by atoms with Gasteiger partial charge in [0.05, 0.1) is 30.0 Å². The van der Waals surface area contributed by atoms with Gasteiger partial charge in [-0.2, -0.15) is 5.26 Å². The van der Waals surface area contributed by atoms with Crippen molar-refractivity contribution in [3.8, 4) is 6.07 Å². The fourth-order valence-corrected chi connectivity index (χ4v) is 4.39. The van der Waals surface area contributed by atoms with Crippen LogP contribution in [0.4, 0.5) is 5.69 Å². The summed E-state index contributed by atoms with van der Waals surface area (Å²) in [6.45, 7) is 2.63. The number of nitrogens with zero attached hydrogens (tertiary/aromatic N) is 2. The Morgan fingerprint density at radius 3 is 3.00 bits per heavy atom. The van der Waals surface area contributed by atoms with Crippen LogP contribution in [0.25, 0.3) is 11.0 Å². The van der Waals surface area contributed by atoms with Gasteiger partial charge in [-0.1, -0.05) is 12.1 Å². The average molecular weight is 352 g/mol. The minimum atomic E-state index is -1.37. The zero-order valence-corrected chi connectivity index (χ0v) is 14.7. The summed E-state index contributed by atoms with van der Waals surface area (Å²) in [4.78, 5) is 27.5. The van der Waals surface area contributed by atoms with E-state index >= 15 is 0 Å². The van der Waals surface area contributed by atoms with Crippen LogP contribution in [-0.4, -0.2) is 25.2 Å². The number of piperidine rings is 1. The number of nitriles is 1. The van der Waals surface area contributed by atoms with E-state index in [9.17, 15) is 14.9 Å². The van der Waals surface area contributed by atoms with Crippen molar-refractivity contribution in [1.29, 1.82) is 5.26 Å². The Labute approximate surface area is 151 Å². The largest absolute Gasteiger partial charge is 0.465 e. The first-order chi connectivity index (χ1) is 12.6. The molecule has 0 saturated carbocycles. The van der Waals surface area contributed by atoms with Crippen molar-refractivity contribution in [1.82, 2.24) is 0 Å². The van der Waals surface area contributed by atoms with E-state index in [1.165, 1.54) is 0 Å². The summed E-state index contributed by atoms with van der Waals surface area (Å²) >= 11 is 0. The van der Waals surface area contributed by atoms with E-state index < -0.39 is 17.0 Å². The smallest absolute Gasteiger partial charge is 0.341 e. The summed E-state index contributed by atoms with van der Waals surface area (Å²) in [6.07, 6.45) is 2.65. The lowest BCUT2D eigenvalue weighted by molar-refractivity contribution is -0.153. The van der Waals surface area contributed by atoms with Crippen LogP contribution in [0, 0.1) is 16.7 Å². The van der Waals surface area contributed by atoms with Crippen LogP contribution in [-0.2, 0) is 16.0 Å². The zero-order valence-electron chi connectivity index (χ0n) is 14.7. The number of hydrogen-bond acceptors (Lipinski definition) is 6. The molecule has 26 heavy (non-hydrogen) atoms. The number of benzene rings is 1. The number of rotatable bonds is 2. The maximum absolute atomic E-state index is 12.8. The third kappa shape index (κ3) is 2.23. The van der Waals surface area contributed by atoms with Gasteiger partial charge in [-0.05, 0) is 38.3 Å². The maximum Gasteiger partial charge on any atom is 0.341 e. The van der Waals surface area contributed by atoms with E-state index in [4.69, 9.17) is 9.15 Å². The molecule has 4 rings (SSSR count). The van der Waals surface area contributed by atoms with Crippen molar-refractivity contribution in [2.75, 3.05) is 18.1 Å². The number of para-hydroxylation sites is 1. The van der Waals surface area contributed by atoms with Crippen LogP contribution < -0.4 is 10.5 Å². The highest BCUT2D eigenvalue weighted by Crippen LogP contribution is 2.47. The SMILES string of the molecule is CCOC(=O)[C@]1(C#N)Cc2c(c3ccccc3oc2=O)N2CCCC[C@H]21. The summed E-state index contributed by atoms with van der Waals surface area (Å²) < 4.78 is 10.7. The molecular weight excluding hydrogens is 332 g/mol. The molecule has 0 spiro atoms. The second kappa shape index (κ2) is 6.17. The Balaban J connectivity index is 1.99. The van der Waals surface area contributed by atoms with Crippen molar-refractivity contribution in [3.05, 3.63) is 40.2 Å². The molecule has 1 saturated heterocycles. The first-order valence-corrected chi connectivity index (χ1v) is 9.02. The van der Waals surface area contributed by atoms with Gasteiger partial charge in [-0.15, -0.1) is 0 Å². The molecule has 134 valence electrons. The molecule has 1 fully saturated rings. The molecular formula is C20H20N2O4. The van der Waals surface area contributed by atoms with E-state index in [0.717, 1.165) is 30.3 Å². The molecule has 1 aromatic heterocycles. The number of carbonyl (C=O) groups is 1. The fraction of sp³-hybridized carbons (Fsp3) is 0.450. The van der Waals surface area contributed by atoms with Gasteiger partial charge < -0.3 is 14.1 Å². The Bertz CT molecular complexity index is 974. The van der Waals surface area contributed by atoms with Gasteiger partial charge in [0.25, 0.3) is 0 Å². The third-order valence-electron chi connectivity index (χ3n) is 5.53. The molecule has 3 heterocycles. The van der Waals surface area contributed by atoms with Crippen molar-refractivity contribution in [3.63, 3.8) is 0 Å². The first-order valence-electron chi connectivity index (χ1n) is 9.02. The fourth-order valence-electron chi connectivity index (χ4n) is 4.39. The second-order valence-corrected chi connectivity index (χ2v) is 6.90. The lowest BCUT2D eigenvalue weighted by Crippen LogP contribution is -2.59. The number of carbonyl (C=O) groups excluding carboxylic acids is 1. The molecule has 2 aromatic rings. The number of hydrogen-bond donors (Lipinski definition) is 0. The molecule has 0 N–H and O–H groups in total. The van der Waals surface area contributed by atoms with Crippen molar-refractivity contribution in [2.24, 2.45) is 5.41 Å². The summed E-state index contributed by atoms with van der Waals surface area (Å²) in [5.41, 5.74) is -0.110. The topological polar surface area (TPSA) is 83.5 Å². The van der Waals surface area contributed by atoms with Gasteiger partial charge in [0.15, 0.2) is 5.41 Å². The number of anilines is 1. The Morgan fingerprint density at radius 2 is 2.23 bits per heavy atom. The van der Waals surface area contributed by atoms with Gasteiger partial charge in [-0.3, -0.25) is 4.79 Å². The van der Waals surface area contributed by atoms with E-state index in [-0.39, 0.29) is 19.1 Å². The molecule has 0 aliphatic carbocycles. The molecule has 0 unspecified atom stereocenters. The standard InChI is InChI=1S/C20H20N2O4/c1-2-25-19(24)20(12-21)11-14-17(22-10-6-5-9-16(20)22)13-7-3-4-8-15(13)26-18(14)23/h3-4,7-8,16H,2,5-6,9-11H2,1H3/t16-,20-/m0/s1. The Morgan fingerprint density at radius 1 is 1.42 bits per heavy atom. The van der Waals surface area contributed by atoms with Crippen LogP contribution in [0.5, 0.6) is 0 Å². The van der Waals surface area contributed by atoms with E-state index in [0.29, 0.717) is 17.7 Å². The van der Waals surface area contributed by atoms with Gasteiger partial charge in [0.1, 0.15) is 5.58 Å². The average Bonchev–Trinajstić information content (AvgIpc) is 2.67. The summed E-state index contributed by atoms with van der Waals surface area (Å²) in [5, 5.41) is 10.8.